The number of benzene rings is 1. The van der Waals surface area contributed by atoms with E-state index in [1.165, 1.54) is 13.2 Å². The number of nitro groups is 1. The van der Waals surface area contributed by atoms with Crippen molar-refractivity contribution in [1.82, 2.24) is 0 Å². The van der Waals surface area contributed by atoms with E-state index in [9.17, 15) is 14.9 Å². The van der Waals surface area contributed by atoms with Crippen molar-refractivity contribution in [2.24, 2.45) is 5.41 Å². The molecular weight excluding hydrogens is 278 g/mol. The molecule has 0 atom stereocenters. The summed E-state index contributed by atoms with van der Waals surface area (Å²) in [5.74, 6) is 0.614. The van der Waals surface area contributed by atoms with E-state index in [4.69, 9.17) is 4.74 Å². The highest BCUT2D eigenvalue weighted by molar-refractivity contribution is 7.99. The minimum absolute atomic E-state index is 0.0226. The number of hydrogen-bond donors (Lipinski definition) is 0. The van der Waals surface area contributed by atoms with Gasteiger partial charge in [0.1, 0.15) is 0 Å². The molecule has 0 spiro atoms. The SMILES string of the molecule is COC(=O)CC1(CSc2cc([N+](=O)[O-])ccc2C)CC1. The third-order valence-corrected chi connectivity index (χ3v) is 5.13. The molecule has 6 heteroatoms. The molecule has 2 rings (SSSR count). The van der Waals surface area contributed by atoms with Gasteiger partial charge in [-0.15, -0.1) is 11.8 Å². The van der Waals surface area contributed by atoms with E-state index in [1.807, 2.05) is 6.92 Å². The van der Waals surface area contributed by atoms with Crippen molar-refractivity contribution >= 4 is 23.4 Å². The van der Waals surface area contributed by atoms with Crippen LogP contribution >= 0.6 is 11.8 Å². The molecule has 1 aliphatic carbocycles. The fourth-order valence-corrected chi connectivity index (χ4v) is 3.37. The van der Waals surface area contributed by atoms with E-state index in [0.29, 0.717) is 6.42 Å². The molecule has 5 nitrogen and oxygen atoms in total. The molecule has 108 valence electrons. The molecule has 0 unspecified atom stereocenters. The summed E-state index contributed by atoms with van der Waals surface area (Å²) in [6.45, 7) is 1.94. The first-order valence-corrected chi connectivity index (χ1v) is 7.39. The maximum atomic E-state index is 11.4. The van der Waals surface area contributed by atoms with Gasteiger partial charge in [-0.2, -0.15) is 0 Å². The topological polar surface area (TPSA) is 69.4 Å². The number of carbonyl (C=O) groups excluding carboxylic acids is 1. The van der Waals surface area contributed by atoms with Gasteiger partial charge in [-0.3, -0.25) is 14.9 Å². The summed E-state index contributed by atoms with van der Waals surface area (Å²) < 4.78 is 4.71. The van der Waals surface area contributed by atoms with Gasteiger partial charge in [0, 0.05) is 22.8 Å². The van der Waals surface area contributed by atoms with E-state index in [0.717, 1.165) is 29.1 Å². The maximum Gasteiger partial charge on any atom is 0.306 e. The number of nitro benzene ring substituents is 1. The van der Waals surface area contributed by atoms with Gasteiger partial charge in [0.05, 0.1) is 18.5 Å². The fourth-order valence-electron chi connectivity index (χ4n) is 2.02. The lowest BCUT2D eigenvalue weighted by atomic mass is 10.1. The van der Waals surface area contributed by atoms with Gasteiger partial charge in [-0.25, -0.2) is 0 Å². The average Bonchev–Trinajstić information content (AvgIpc) is 3.17. The number of ether oxygens (including phenoxy) is 1. The molecule has 0 N–H and O–H groups in total. The summed E-state index contributed by atoms with van der Waals surface area (Å²) in [4.78, 5) is 22.7. The molecule has 1 aromatic carbocycles. The van der Waals surface area contributed by atoms with Crippen LogP contribution in [0.3, 0.4) is 0 Å². The molecule has 20 heavy (non-hydrogen) atoms. The van der Waals surface area contributed by atoms with Crippen LogP contribution in [0.4, 0.5) is 5.69 Å². The van der Waals surface area contributed by atoms with Crippen LogP contribution in [0.25, 0.3) is 0 Å². The molecule has 1 saturated carbocycles. The Hall–Kier alpha value is -1.56. The summed E-state index contributed by atoms with van der Waals surface area (Å²) in [7, 11) is 1.40. The lowest BCUT2D eigenvalue weighted by Crippen LogP contribution is -2.13. The van der Waals surface area contributed by atoms with Gasteiger partial charge in [-0.1, -0.05) is 6.07 Å². The van der Waals surface area contributed by atoms with Gasteiger partial charge in [-0.05, 0) is 30.7 Å². The van der Waals surface area contributed by atoms with Crippen LogP contribution in [0.15, 0.2) is 23.1 Å². The van der Waals surface area contributed by atoms with Crippen LogP contribution in [0.5, 0.6) is 0 Å². The van der Waals surface area contributed by atoms with Gasteiger partial charge >= 0.3 is 5.97 Å². The first-order chi connectivity index (χ1) is 9.46. The minimum atomic E-state index is -0.384. The second-order valence-electron chi connectivity index (χ2n) is 5.25. The Morgan fingerprint density at radius 3 is 2.75 bits per heavy atom. The Kier molecular flexibility index (Phi) is 4.32. The maximum absolute atomic E-state index is 11.4. The van der Waals surface area contributed by atoms with Gasteiger partial charge in [0.2, 0.25) is 0 Å². The summed E-state index contributed by atoms with van der Waals surface area (Å²) in [5.41, 5.74) is 1.15. The first kappa shape index (κ1) is 14.8. The van der Waals surface area contributed by atoms with Crippen LogP contribution in [-0.2, 0) is 9.53 Å². The fraction of sp³-hybridized carbons (Fsp3) is 0.500. The minimum Gasteiger partial charge on any atom is -0.469 e. The molecule has 0 heterocycles. The lowest BCUT2D eigenvalue weighted by molar-refractivity contribution is -0.385. The van der Waals surface area contributed by atoms with Crippen molar-refractivity contribution in [1.29, 1.82) is 0 Å². The highest BCUT2D eigenvalue weighted by Gasteiger charge is 2.44. The van der Waals surface area contributed by atoms with Crippen molar-refractivity contribution in [3.63, 3.8) is 0 Å². The average molecular weight is 295 g/mol. The molecule has 0 aromatic heterocycles. The Morgan fingerprint density at radius 1 is 1.50 bits per heavy atom. The van der Waals surface area contributed by atoms with Crippen molar-refractivity contribution in [2.45, 2.75) is 31.1 Å². The molecule has 0 aliphatic heterocycles. The zero-order chi connectivity index (χ0) is 14.8. The van der Waals surface area contributed by atoms with Gasteiger partial charge in [0.15, 0.2) is 0 Å². The van der Waals surface area contributed by atoms with Crippen LogP contribution in [0, 0.1) is 22.5 Å². The van der Waals surface area contributed by atoms with Crippen LogP contribution in [-0.4, -0.2) is 23.8 Å². The van der Waals surface area contributed by atoms with Crippen LogP contribution in [0.2, 0.25) is 0 Å². The number of carbonyl (C=O) groups is 1. The number of nitrogens with zero attached hydrogens (tertiary/aromatic N) is 1. The Balaban J connectivity index is 2.02. The second kappa shape index (κ2) is 5.83. The van der Waals surface area contributed by atoms with Gasteiger partial charge in [0.25, 0.3) is 5.69 Å². The van der Waals surface area contributed by atoms with Crippen LogP contribution in [0.1, 0.15) is 24.8 Å². The number of rotatable bonds is 6. The number of hydrogen-bond acceptors (Lipinski definition) is 5. The summed E-state index contributed by atoms with van der Waals surface area (Å²) in [5, 5.41) is 10.8. The summed E-state index contributed by atoms with van der Waals surface area (Å²) in [6.07, 6.45) is 2.47. The number of methoxy groups -OCH3 is 1. The van der Waals surface area contributed by atoms with Crippen molar-refractivity contribution in [3.05, 3.63) is 33.9 Å². The molecule has 0 saturated heterocycles. The first-order valence-electron chi connectivity index (χ1n) is 6.40. The monoisotopic (exact) mass is 295 g/mol. The van der Waals surface area contributed by atoms with Crippen molar-refractivity contribution in [3.8, 4) is 0 Å². The van der Waals surface area contributed by atoms with Crippen molar-refractivity contribution < 1.29 is 14.5 Å². The number of aryl methyl sites for hydroxylation is 1. The van der Waals surface area contributed by atoms with Gasteiger partial charge < -0.3 is 4.74 Å². The van der Waals surface area contributed by atoms with E-state index in [2.05, 4.69) is 0 Å². The zero-order valence-electron chi connectivity index (χ0n) is 11.5. The Bertz CT molecular complexity index is 540. The third-order valence-electron chi connectivity index (χ3n) is 3.62. The highest BCUT2D eigenvalue weighted by Crippen LogP contribution is 2.52. The molecule has 0 radical (unpaired) electrons. The quantitative estimate of drug-likeness (QED) is 0.348. The predicted octanol–water partition coefficient (Wildman–Crippen LogP) is 3.34. The third kappa shape index (κ3) is 3.50. The smallest absolute Gasteiger partial charge is 0.306 e. The highest BCUT2D eigenvalue weighted by atomic mass is 32.2. The van der Waals surface area contributed by atoms with E-state index >= 15 is 0 Å². The molecule has 1 fully saturated rings. The van der Waals surface area contributed by atoms with Crippen molar-refractivity contribution in [2.75, 3.05) is 12.9 Å². The predicted molar refractivity (Wildman–Crippen MR) is 76.9 cm³/mol. The molecular formula is C14H17NO4S. The van der Waals surface area contributed by atoms with E-state index < -0.39 is 0 Å². The Labute approximate surface area is 121 Å². The normalized spacial score (nSPS) is 15.7. The molecule has 0 amide bonds. The number of thioether (sulfide) groups is 1. The zero-order valence-corrected chi connectivity index (χ0v) is 12.4. The molecule has 1 aliphatic rings. The van der Waals surface area contributed by atoms with E-state index in [-0.39, 0.29) is 22.0 Å². The number of esters is 1. The Morgan fingerprint density at radius 2 is 2.20 bits per heavy atom. The van der Waals surface area contributed by atoms with Crippen LogP contribution < -0.4 is 0 Å². The molecule has 0 bridgehead atoms. The molecule has 1 aromatic rings. The second-order valence-corrected chi connectivity index (χ2v) is 6.27. The largest absolute Gasteiger partial charge is 0.469 e. The summed E-state index contributed by atoms with van der Waals surface area (Å²) in [6, 6.07) is 4.88. The summed E-state index contributed by atoms with van der Waals surface area (Å²) >= 11 is 1.59. The van der Waals surface area contributed by atoms with E-state index in [1.54, 1.807) is 23.9 Å². The lowest BCUT2D eigenvalue weighted by Gasteiger charge is -2.14. The number of non-ortho nitro benzene ring substituents is 1. The standard InChI is InChI=1S/C14H17NO4S/c1-10-3-4-11(15(17)18)7-12(10)20-9-14(5-6-14)8-13(16)19-2/h3-4,7H,5-6,8-9H2,1-2H3.